The summed E-state index contributed by atoms with van der Waals surface area (Å²) in [6.07, 6.45) is 0. The number of nitrogens with one attached hydrogen (secondary N) is 1. The quantitative estimate of drug-likeness (QED) is 0.303. The van der Waals surface area contributed by atoms with Crippen LogP contribution in [0, 0.1) is 6.92 Å². The maximum absolute atomic E-state index is 13.5. The van der Waals surface area contributed by atoms with Crippen LogP contribution in [-0.4, -0.2) is 21.6 Å². The number of H-pyrrole nitrogens is 1. The van der Waals surface area contributed by atoms with E-state index in [2.05, 4.69) is 4.98 Å². The minimum Gasteiger partial charge on any atom is -0.497 e. The van der Waals surface area contributed by atoms with Gasteiger partial charge < -0.3 is 9.72 Å². The molecule has 1 N–H and O–H groups in total. The first-order chi connectivity index (χ1) is 16.0. The molecule has 0 fully saturated rings. The highest BCUT2D eigenvalue weighted by atomic mass is 32.2. The average molecular weight is 456 g/mol. The fourth-order valence-electron chi connectivity index (χ4n) is 3.89. The van der Waals surface area contributed by atoms with E-state index in [4.69, 9.17) is 9.72 Å². The minimum absolute atomic E-state index is 0.150. The summed E-state index contributed by atoms with van der Waals surface area (Å²) in [6.45, 7) is 1.99. The molecule has 164 valence electrons. The van der Waals surface area contributed by atoms with Crippen LogP contribution >= 0.6 is 11.8 Å². The van der Waals surface area contributed by atoms with Crippen LogP contribution in [-0.2, 0) is 5.75 Å². The number of hydrogen-bond donors (Lipinski definition) is 1. The van der Waals surface area contributed by atoms with E-state index in [0.717, 1.165) is 22.0 Å². The second-order valence-corrected chi connectivity index (χ2v) is 8.69. The zero-order chi connectivity index (χ0) is 22.9. The monoisotopic (exact) mass is 455 g/mol. The number of hydrogen-bond acceptors (Lipinski definition) is 5. The second-order valence-electron chi connectivity index (χ2n) is 7.75. The summed E-state index contributed by atoms with van der Waals surface area (Å²) in [5, 5.41) is 2.07. The van der Waals surface area contributed by atoms with Gasteiger partial charge in [-0.1, -0.05) is 42.1 Å². The SMILES string of the molecule is COc1cccc(-n2c(SCc3cc(=O)[nH]c4cc(C)ccc34)nc3ccccc3c2=O)c1. The molecular weight excluding hydrogens is 434 g/mol. The summed E-state index contributed by atoms with van der Waals surface area (Å²) in [4.78, 5) is 33.4. The predicted molar refractivity (Wildman–Crippen MR) is 133 cm³/mol. The normalized spacial score (nSPS) is 11.2. The fraction of sp³-hybridized carbons (Fsp3) is 0.115. The number of para-hydroxylation sites is 1. The van der Waals surface area contributed by atoms with Crippen molar-refractivity contribution in [2.75, 3.05) is 7.11 Å². The fourth-order valence-corrected chi connectivity index (χ4v) is 4.90. The standard InChI is InChI=1S/C26H21N3O3S/c1-16-10-11-20-17(13-24(30)27-23(20)12-16)15-33-26-28-22-9-4-3-8-21(22)25(31)29(26)18-6-5-7-19(14-18)32-2/h3-14H,15H2,1-2H3,(H,27,30). The van der Waals surface area contributed by atoms with Crippen molar-refractivity contribution in [3.63, 3.8) is 0 Å². The van der Waals surface area contributed by atoms with E-state index in [1.54, 1.807) is 23.8 Å². The zero-order valence-electron chi connectivity index (χ0n) is 18.2. The van der Waals surface area contributed by atoms with Gasteiger partial charge in [0.25, 0.3) is 5.56 Å². The molecular formula is C26H21N3O3S. The summed E-state index contributed by atoms with van der Waals surface area (Å²) in [6, 6.07) is 22.3. The van der Waals surface area contributed by atoms with Gasteiger partial charge >= 0.3 is 0 Å². The Hall–Kier alpha value is -3.84. The molecule has 0 bridgehead atoms. The van der Waals surface area contributed by atoms with Gasteiger partial charge in [0, 0.05) is 28.8 Å². The first-order valence-electron chi connectivity index (χ1n) is 10.4. The molecule has 0 unspecified atom stereocenters. The summed E-state index contributed by atoms with van der Waals surface area (Å²) < 4.78 is 6.97. The number of nitrogens with zero attached hydrogens (tertiary/aromatic N) is 2. The molecule has 7 heteroatoms. The lowest BCUT2D eigenvalue weighted by atomic mass is 10.1. The van der Waals surface area contributed by atoms with Crippen LogP contribution in [0.25, 0.3) is 27.5 Å². The molecule has 5 rings (SSSR count). The van der Waals surface area contributed by atoms with Crippen LogP contribution in [0.2, 0.25) is 0 Å². The summed E-state index contributed by atoms with van der Waals surface area (Å²) in [7, 11) is 1.59. The molecule has 5 aromatic rings. The van der Waals surface area contributed by atoms with Crippen molar-refractivity contribution in [3.8, 4) is 11.4 Å². The molecule has 3 aromatic carbocycles. The summed E-state index contributed by atoms with van der Waals surface area (Å²) in [5.74, 6) is 1.14. The average Bonchev–Trinajstić information content (AvgIpc) is 2.82. The van der Waals surface area contributed by atoms with Gasteiger partial charge in [-0.05, 0) is 48.4 Å². The van der Waals surface area contributed by atoms with Gasteiger partial charge in [-0.25, -0.2) is 4.98 Å². The highest BCUT2D eigenvalue weighted by Crippen LogP contribution is 2.28. The molecule has 33 heavy (non-hydrogen) atoms. The number of fused-ring (bicyclic) bond motifs is 2. The van der Waals surface area contributed by atoms with Gasteiger partial charge in [0.05, 0.1) is 23.7 Å². The van der Waals surface area contributed by atoms with Crippen molar-refractivity contribution in [1.29, 1.82) is 0 Å². The number of ether oxygens (including phenoxy) is 1. The largest absolute Gasteiger partial charge is 0.497 e. The van der Waals surface area contributed by atoms with E-state index >= 15 is 0 Å². The smallest absolute Gasteiger partial charge is 0.266 e. The molecule has 0 spiro atoms. The van der Waals surface area contributed by atoms with Crippen molar-refractivity contribution in [2.24, 2.45) is 0 Å². The Morgan fingerprint density at radius 3 is 2.67 bits per heavy atom. The van der Waals surface area contributed by atoms with E-state index in [-0.39, 0.29) is 11.1 Å². The molecule has 0 aliphatic heterocycles. The van der Waals surface area contributed by atoms with E-state index in [0.29, 0.717) is 33.2 Å². The number of methoxy groups -OCH3 is 1. The van der Waals surface area contributed by atoms with Crippen LogP contribution in [0.5, 0.6) is 5.75 Å². The maximum atomic E-state index is 13.5. The number of aromatic amines is 1. The molecule has 0 radical (unpaired) electrons. The minimum atomic E-state index is -0.152. The van der Waals surface area contributed by atoms with Crippen molar-refractivity contribution >= 4 is 33.6 Å². The number of thioether (sulfide) groups is 1. The van der Waals surface area contributed by atoms with E-state index in [9.17, 15) is 9.59 Å². The number of aryl methyl sites for hydroxylation is 1. The molecule has 0 amide bonds. The van der Waals surface area contributed by atoms with Gasteiger partial charge in [0.1, 0.15) is 5.75 Å². The van der Waals surface area contributed by atoms with E-state index in [1.165, 1.54) is 11.8 Å². The highest BCUT2D eigenvalue weighted by molar-refractivity contribution is 7.98. The molecule has 6 nitrogen and oxygen atoms in total. The Balaban J connectivity index is 1.65. The topological polar surface area (TPSA) is 77.0 Å². The van der Waals surface area contributed by atoms with Crippen LogP contribution in [0.3, 0.4) is 0 Å². The third kappa shape index (κ3) is 4.03. The molecule has 0 saturated carbocycles. The summed E-state index contributed by atoms with van der Waals surface area (Å²) in [5.41, 5.74) is 3.77. The number of pyridine rings is 1. The Morgan fingerprint density at radius 1 is 0.970 bits per heavy atom. The lowest BCUT2D eigenvalue weighted by Crippen LogP contribution is -2.21. The van der Waals surface area contributed by atoms with Gasteiger partial charge in [0.15, 0.2) is 5.16 Å². The molecule has 2 aromatic heterocycles. The molecule has 0 aliphatic rings. The van der Waals surface area contributed by atoms with Crippen LogP contribution in [0.15, 0.2) is 87.5 Å². The number of benzene rings is 3. The van der Waals surface area contributed by atoms with Crippen LogP contribution in [0.4, 0.5) is 0 Å². The lowest BCUT2D eigenvalue weighted by Gasteiger charge is -2.14. The first kappa shape index (κ1) is 21.0. The number of rotatable bonds is 5. The number of aromatic nitrogens is 3. The second kappa shape index (κ2) is 8.60. The molecule has 2 heterocycles. The van der Waals surface area contributed by atoms with Gasteiger partial charge in [0.2, 0.25) is 5.56 Å². The third-order valence-corrected chi connectivity index (χ3v) is 6.48. The Labute approximate surface area is 193 Å². The van der Waals surface area contributed by atoms with Crippen molar-refractivity contribution < 1.29 is 4.74 Å². The third-order valence-electron chi connectivity index (χ3n) is 5.50. The highest BCUT2D eigenvalue weighted by Gasteiger charge is 2.15. The zero-order valence-corrected chi connectivity index (χ0v) is 19.0. The van der Waals surface area contributed by atoms with Crippen LogP contribution < -0.4 is 15.9 Å². The van der Waals surface area contributed by atoms with Gasteiger partial charge in [-0.2, -0.15) is 0 Å². The van der Waals surface area contributed by atoms with Crippen molar-refractivity contribution in [3.05, 3.63) is 105 Å². The van der Waals surface area contributed by atoms with Gasteiger partial charge in [-0.15, -0.1) is 0 Å². The van der Waals surface area contributed by atoms with E-state index < -0.39 is 0 Å². The first-order valence-corrected chi connectivity index (χ1v) is 11.4. The van der Waals surface area contributed by atoms with E-state index in [1.807, 2.05) is 67.6 Å². The predicted octanol–water partition coefficient (Wildman–Crippen LogP) is 4.84. The lowest BCUT2D eigenvalue weighted by molar-refractivity contribution is 0.414. The molecule has 0 aliphatic carbocycles. The molecule has 0 atom stereocenters. The summed E-state index contributed by atoms with van der Waals surface area (Å²) >= 11 is 1.42. The Bertz CT molecular complexity index is 1620. The maximum Gasteiger partial charge on any atom is 0.266 e. The van der Waals surface area contributed by atoms with Crippen molar-refractivity contribution in [1.82, 2.24) is 14.5 Å². The van der Waals surface area contributed by atoms with Gasteiger partial charge in [-0.3, -0.25) is 14.2 Å². The Kier molecular flexibility index (Phi) is 5.48. The van der Waals surface area contributed by atoms with Crippen molar-refractivity contribution in [2.45, 2.75) is 17.8 Å². The molecule has 0 saturated heterocycles. The Morgan fingerprint density at radius 2 is 1.82 bits per heavy atom. The van der Waals surface area contributed by atoms with Crippen LogP contribution in [0.1, 0.15) is 11.1 Å².